The fourth-order valence-electron chi connectivity index (χ4n) is 12.0. The smallest absolute Gasteiger partial charge is 0.462 e. The van der Waals surface area contributed by atoms with Gasteiger partial charge in [0.15, 0.2) is 0 Å². The molecule has 0 aliphatic carbocycles. The van der Waals surface area contributed by atoms with E-state index in [4.69, 9.17) is 37.0 Å². The van der Waals surface area contributed by atoms with Crippen molar-refractivity contribution >= 4 is 51.2 Å². The Labute approximate surface area is 650 Å². The molecule has 1 aromatic carbocycles. The van der Waals surface area contributed by atoms with Crippen molar-refractivity contribution in [2.75, 3.05) is 65.9 Å². The van der Waals surface area contributed by atoms with Crippen LogP contribution in [0.15, 0.2) is 48.6 Å². The first-order valence-corrected chi connectivity index (χ1v) is 44.9. The first-order chi connectivity index (χ1) is 52.2. The number of allylic oxidation sites excluding steroid dienone is 4. The molecule has 0 aromatic heterocycles. The third-order valence-corrected chi connectivity index (χ3v) is 20.4. The van der Waals surface area contributed by atoms with Crippen LogP contribution < -0.4 is 21.3 Å². The molecule has 4 unspecified atom stereocenters. The number of aliphatic hydroxyl groups is 2. The molecule has 0 saturated carbocycles. The van der Waals surface area contributed by atoms with Gasteiger partial charge in [-0.1, -0.05) is 232 Å². The maximum Gasteiger partial charge on any atom is 0.472 e. The highest BCUT2D eigenvalue weighted by atomic mass is 31.2. The number of nitrogens with one attached hydrogen (secondary N) is 4. The molecule has 626 valence electrons. The van der Waals surface area contributed by atoms with Crippen molar-refractivity contribution in [1.82, 2.24) is 21.3 Å². The number of aliphatic hydroxyl groups excluding tert-OH is 2. The van der Waals surface area contributed by atoms with Crippen molar-refractivity contribution in [3.05, 3.63) is 59.7 Å². The monoisotopic (exact) mass is 1570 g/mol. The van der Waals surface area contributed by atoms with Gasteiger partial charge in [0.25, 0.3) is 11.8 Å². The van der Waals surface area contributed by atoms with Gasteiger partial charge in [-0.3, -0.25) is 46.9 Å². The van der Waals surface area contributed by atoms with Gasteiger partial charge in [0.1, 0.15) is 12.2 Å². The van der Waals surface area contributed by atoms with E-state index in [1.54, 1.807) is 0 Å². The number of carbonyl (C=O) groups excluding carboxylic acids is 6. The SMILES string of the molecule is CCCCCCC=CCCCC(=O)O[C@H](CCCCCCC)CC(=O)NC(COCC[C@H](O)CCCCCCC)COP(=O)(O)OCCNC(=O)c1ccccc1C(=O)NCCOP(=O)(O)OCC(COCC[C@H](O)CCCCCCC)NC(=O)C[C@@H](CCCCCCC)OC(=O)CCCC=CCCCCCC. The van der Waals surface area contributed by atoms with E-state index in [0.29, 0.717) is 51.4 Å². The fourth-order valence-corrected chi connectivity index (χ4v) is 13.5. The molecule has 0 saturated heterocycles. The molecule has 0 heterocycles. The number of esters is 2. The fraction of sp³-hybridized carbons (Fsp3) is 0.805. The van der Waals surface area contributed by atoms with Crippen LogP contribution in [0.4, 0.5) is 0 Å². The van der Waals surface area contributed by atoms with E-state index in [0.717, 1.165) is 167 Å². The van der Waals surface area contributed by atoms with Gasteiger partial charge in [-0.25, -0.2) is 9.13 Å². The Morgan fingerprint density at radius 2 is 0.704 bits per heavy atom. The minimum absolute atomic E-state index is 0.0752. The zero-order valence-corrected chi connectivity index (χ0v) is 69.3. The number of carbonyl (C=O) groups is 6. The Morgan fingerprint density at radius 3 is 1.05 bits per heavy atom. The molecule has 8 N–H and O–H groups in total. The van der Waals surface area contributed by atoms with E-state index in [1.165, 1.54) is 62.8 Å². The number of benzene rings is 1. The maximum atomic E-state index is 13.7. The second kappa shape index (κ2) is 69.3. The second-order valence-corrected chi connectivity index (χ2v) is 31.6. The first kappa shape index (κ1) is 102. The van der Waals surface area contributed by atoms with Crippen molar-refractivity contribution in [3.8, 4) is 0 Å². The van der Waals surface area contributed by atoms with Crippen LogP contribution in [0.2, 0.25) is 0 Å². The van der Waals surface area contributed by atoms with Crippen LogP contribution in [0, 0.1) is 0 Å². The van der Waals surface area contributed by atoms with E-state index in [2.05, 4.69) is 87.1 Å². The molecule has 4 amide bonds. The third-order valence-electron chi connectivity index (χ3n) is 18.4. The minimum atomic E-state index is -4.84. The van der Waals surface area contributed by atoms with Crippen LogP contribution in [-0.4, -0.2) is 158 Å². The predicted octanol–water partition coefficient (Wildman–Crippen LogP) is 17.4. The van der Waals surface area contributed by atoms with Crippen molar-refractivity contribution in [2.24, 2.45) is 0 Å². The van der Waals surface area contributed by atoms with Gasteiger partial charge in [-0.05, 0) is 115 Å². The van der Waals surface area contributed by atoms with Crippen molar-refractivity contribution in [1.29, 1.82) is 0 Å². The molecule has 24 nitrogen and oxygen atoms in total. The lowest BCUT2D eigenvalue weighted by Crippen LogP contribution is -2.43. The minimum Gasteiger partial charge on any atom is -0.462 e. The van der Waals surface area contributed by atoms with Crippen LogP contribution in [0.5, 0.6) is 0 Å². The number of amides is 4. The molecular formula is C82H148N4O20P2. The number of hydrogen-bond acceptors (Lipinski definition) is 18. The normalized spacial score (nSPS) is 14.5. The molecule has 26 heteroatoms. The quantitative estimate of drug-likeness (QED) is 0.0130. The number of hydrogen-bond donors (Lipinski definition) is 8. The summed E-state index contributed by atoms with van der Waals surface area (Å²) in [6, 6.07) is 3.89. The van der Waals surface area contributed by atoms with Crippen molar-refractivity contribution < 1.29 is 94.9 Å². The van der Waals surface area contributed by atoms with Crippen LogP contribution in [0.3, 0.4) is 0 Å². The summed E-state index contributed by atoms with van der Waals surface area (Å²) in [5.41, 5.74) is -0.150. The van der Waals surface area contributed by atoms with Gasteiger partial charge in [-0.2, -0.15) is 0 Å². The van der Waals surface area contributed by atoms with Gasteiger partial charge >= 0.3 is 27.6 Å². The summed E-state index contributed by atoms with van der Waals surface area (Å²) in [5.74, 6) is -3.22. The zero-order chi connectivity index (χ0) is 79.4. The first-order valence-electron chi connectivity index (χ1n) is 41.9. The summed E-state index contributed by atoms with van der Waals surface area (Å²) in [5, 5.41) is 32.0. The number of phosphoric ester groups is 2. The Balaban J connectivity index is 3.04. The molecule has 108 heavy (non-hydrogen) atoms. The summed E-state index contributed by atoms with van der Waals surface area (Å²) in [6.45, 7) is 10.2. The van der Waals surface area contributed by atoms with Gasteiger partial charge < -0.3 is 60.2 Å². The Bertz CT molecular complexity index is 2430. The lowest BCUT2D eigenvalue weighted by atomic mass is 10.1. The molecule has 0 spiro atoms. The molecular weight excluding hydrogens is 1420 g/mol. The highest BCUT2D eigenvalue weighted by Crippen LogP contribution is 2.44. The Kier molecular flexibility index (Phi) is 65.2. The molecule has 0 aliphatic heterocycles. The molecule has 0 fully saturated rings. The summed E-state index contributed by atoms with van der Waals surface area (Å²) in [4.78, 5) is 102. The third kappa shape index (κ3) is 60.3. The van der Waals surface area contributed by atoms with Crippen LogP contribution in [-0.2, 0) is 65.4 Å². The van der Waals surface area contributed by atoms with Gasteiger partial charge in [0.05, 0.1) is 87.9 Å². The highest BCUT2D eigenvalue weighted by Gasteiger charge is 2.29. The van der Waals surface area contributed by atoms with Crippen molar-refractivity contribution in [3.63, 3.8) is 0 Å². The summed E-state index contributed by atoms with van der Waals surface area (Å²) >= 11 is 0. The summed E-state index contributed by atoms with van der Waals surface area (Å²) in [6.07, 6.45) is 43.3. The maximum absolute atomic E-state index is 13.7. The molecule has 0 radical (unpaired) electrons. The van der Waals surface area contributed by atoms with Gasteiger partial charge in [0.2, 0.25) is 11.8 Å². The molecule has 0 aliphatic rings. The van der Waals surface area contributed by atoms with E-state index in [9.17, 15) is 57.9 Å². The Hall–Kier alpha value is -4.42. The molecule has 0 bridgehead atoms. The second-order valence-electron chi connectivity index (χ2n) is 28.7. The number of ether oxygens (including phenoxy) is 4. The lowest BCUT2D eigenvalue weighted by Gasteiger charge is -2.23. The average molecular weight is 1570 g/mol. The number of unbranched alkanes of at least 4 members (excludes halogenated alkanes) is 26. The molecule has 1 rings (SSSR count). The molecule has 8 atom stereocenters. The topological polar surface area (TPSA) is 339 Å². The van der Waals surface area contributed by atoms with E-state index in [1.807, 2.05) is 0 Å². The van der Waals surface area contributed by atoms with Gasteiger partial charge in [-0.15, -0.1) is 0 Å². The average Bonchev–Trinajstić information content (AvgIpc) is 0.843. The largest absolute Gasteiger partial charge is 0.472 e. The van der Waals surface area contributed by atoms with Crippen LogP contribution in [0.1, 0.15) is 345 Å². The van der Waals surface area contributed by atoms with Crippen LogP contribution >= 0.6 is 15.6 Å². The standard InChI is InChI=1S/C82H148N4O20P2/c1-7-13-19-25-27-29-31-37-43-53-79(91)105-73(49-41-35-23-17-11-5)63-77(89)85-69(65-99-59-55-71(87)47-39-33-21-15-9-3)67-103-107(95,96)101-61-57-83-81(93)75-51-45-46-52-76(75)82(94)84-58-62-102-108(97,98)104-68-70(66-100-60-56-72(88)48-40-34-22-16-10-4)86-78(90)64-74(50-42-36-24-18-12-6)106-80(92)54-44-38-32-30-28-26-20-14-8-2/h29-32,45-46,51-52,69-74,87-88H,7-28,33-44,47-50,53-68H2,1-6H3,(H,83,93)(H,84,94)(H,85,89)(H,86,90)(H,95,96)(H,97,98)/t69?,70?,71-,72-,73-,74-/m1/s1. The summed E-state index contributed by atoms with van der Waals surface area (Å²) in [7, 11) is -9.68. The highest BCUT2D eigenvalue weighted by molar-refractivity contribution is 7.47. The lowest BCUT2D eigenvalue weighted by molar-refractivity contribution is -0.152. The van der Waals surface area contributed by atoms with E-state index >= 15 is 0 Å². The van der Waals surface area contributed by atoms with E-state index in [-0.39, 0.29) is 88.3 Å². The number of rotatable bonds is 76. The Morgan fingerprint density at radius 1 is 0.389 bits per heavy atom. The van der Waals surface area contributed by atoms with E-state index < -0.39 is 102 Å². The predicted molar refractivity (Wildman–Crippen MR) is 427 cm³/mol. The zero-order valence-electron chi connectivity index (χ0n) is 67.5. The summed E-state index contributed by atoms with van der Waals surface area (Å²) < 4.78 is 71.3. The van der Waals surface area contributed by atoms with Crippen molar-refractivity contribution in [2.45, 2.75) is 361 Å². The number of phosphoric acid groups is 2. The van der Waals surface area contributed by atoms with Crippen LogP contribution in [0.25, 0.3) is 0 Å². The van der Waals surface area contributed by atoms with Gasteiger partial charge in [0, 0.05) is 39.1 Å². The molecule has 1 aromatic rings.